The molecule has 0 aliphatic carbocycles. The van der Waals surface area contributed by atoms with Crippen molar-refractivity contribution in [3.05, 3.63) is 96.6 Å². The average molecular weight is 550 g/mol. The Balaban J connectivity index is 1.65. The topological polar surface area (TPSA) is 97.7 Å². The smallest absolute Gasteiger partial charge is 0.229 e. The van der Waals surface area contributed by atoms with E-state index in [4.69, 9.17) is 21.7 Å². The molecule has 38 heavy (non-hydrogen) atoms. The number of sulfonamides is 1. The first-order chi connectivity index (χ1) is 18.3. The summed E-state index contributed by atoms with van der Waals surface area (Å²) in [6.07, 6.45) is 4.85. The summed E-state index contributed by atoms with van der Waals surface area (Å²) in [5.41, 5.74) is 3.76. The van der Waals surface area contributed by atoms with E-state index in [1.807, 2.05) is 71.8 Å². The van der Waals surface area contributed by atoms with E-state index in [0.29, 0.717) is 22.2 Å². The first-order valence-electron chi connectivity index (χ1n) is 11.8. The second kappa shape index (κ2) is 10.3. The molecule has 1 saturated heterocycles. The van der Waals surface area contributed by atoms with E-state index < -0.39 is 10.0 Å². The Labute approximate surface area is 227 Å². The van der Waals surface area contributed by atoms with Gasteiger partial charge in [-0.1, -0.05) is 6.07 Å². The summed E-state index contributed by atoms with van der Waals surface area (Å²) in [5, 5.41) is 3.93. The van der Waals surface area contributed by atoms with Gasteiger partial charge in [-0.2, -0.15) is 0 Å². The van der Waals surface area contributed by atoms with Crippen LogP contribution in [0.25, 0.3) is 5.69 Å². The van der Waals surface area contributed by atoms with Gasteiger partial charge in [-0.15, -0.1) is 0 Å². The zero-order chi connectivity index (χ0) is 26.9. The fourth-order valence-electron chi connectivity index (χ4n) is 4.67. The second-order valence-corrected chi connectivity index (χ2v) is 10.9. The van der Waals surface area contributed by atoms with Crippen molar-refractivity contribution in [3.8, 4) is 17.2 Å². The third-order valence-electron chi connectivity index (χ3n) is 6.29. The zero-order valence-corrected chi connectivity index (χ0v) is 22.7. The Morgan fingerprint density at radius 3 is 2.39 bits per heavy atom. The number of benzene rings is 2. The van der Waals surface area contributed by atoms with E-state index in [0.717, 1.165) is 29.1 Å². The Hall–Kier alpha value is -4.09. The largest absolute Gasteiger partial charge is 0.497 e. The number of pyridine rings is 1. The van der Waals surface area contributed by atoms with Gasteiger partial charge in [0.1, 0.15) is 17.5 Å². The number of thiocarbonyl (C=S) groups is 1. The van der Waals surface area contributed by atoms with Crippen LogP contribution in [-0.2, 0) is 10.0 Å². The van der Waals surface area contributed by atoms with Crippen LogP contribution < -0.4 is 24.4 Å². The minimum atomic E-state index is -3.54. The first kappa shape index (κ1) is 25.6. The minimum Gasteiger partial charge on any atom is -0.497 e. The SMILES string of the molecule is COc1ccc(-n2cccc2C2C(c3ccccn3)NC(=S)N2c2ccc(OC)c(NS(C)(=O)=O)c2)cc1. The first-order valence-corrected chi connectivity index (χ1v) is 14.1. The van der Waals surface area contributed by atoms with Crippen molar-refractivity contribution in [1.82, 2.24) is 14.9 Å². The Morgan fingerprint density at radius 2 is 1.74 bits per heavy atom. The van der Waals surface area contributed by atoms with E-state index in [9.17, 15) is 8.42 Å². The van der Waals surface area contributed by atoms with Crippen LogP contribution >= 0.6 is 12.2 Å². The van der Waals surface area contributed by atoms with Crippen molar-refractivity contribution in [2.24, 2.45) is 0 Å². The van der Waals surface area contributed by atoms with E-state index in [1.165, 1.54) is 7.11 Å². The van der Waals surface area contributed by atoms with Crippen LogP contribution in [0, 0.1) is 0 Å². The molecule has 2 N–H and O–H groups in total. The highest BCUT2D eigenvalue weighted by molar-refractivity contribution is 7.92. The summed E-state index contributed by atoms with van der Waals surface area (Å²) in [6.45, 7) is 0. The van der Waals surface area contributed by atoms with Crippen LogP contribution in [0.1, 0.15) is 23.5 Å². The highest BCUT2D eigenvalue weighted by atomic mass is 32.2. The quantitative estimate of drug-likeness (QED) is 0.312. The number of nitrogens with one attached hydrogen (secondary N) is 2. The maximum atomic E-state index is 12.1. The molecule has 2 atom stereocenters. The number of hydrogen-bond acceptors (Lipinski definition) is 6. The van der Waals surface area contributed by atoms with E-state index in [-0.39, 0.29) is 12.1 Å². The van der Waals surface area contributed by atoms with Crippen LogP contribution in [0.3, 0.4) is 0 Å². The standard InChI is InChI=1S/C27H27N5O4S2/c1-35-20-12-9-18(10-13-20)31-16-6-8-23(31)26-25(21-7-4-5-15-28-21)29-27(37)32(26)19-11-14-24(36-2)22(17-19)30-38(3,33)34/h4-17,25-26,30H,1-3H3,(H,29,37). The van der Waals surface area contributed by atoms with Gasteiger partial charge >= 0.3 is 0 Å². The van der Waals surface area contributed by atoms with Gasteiger partial charge in [0.15, 0.2) is 5.11 Å². The molecule has 9 nitrogen and oxygen atoms in total. The fraction of sp³-hybridized carbons (Fsp3) is 0.185. The van der Waals surface area contributed by atoms with Gasteiger partial charge < -0.3 is 24.3 Å². The summed E-state index contributed by atoms with van der Waals surface area (Å²) in [4.78, 5) is 6.60. The molecule has 4 aromatic rings. The molecule has 1 aliphatic heterocycles. The van der Waals surface area contributed by atoms with Crippen LogP contribution in [-0.4, -0.2) is 43.6 Å². The van der Waals surface area contributed by atoms with Crippen molar-refractivity contribution in [3.63, 3.8) is 0 Å². The van der Waals surface area contributed by atoms with Gasteiger partial charge in [-0.25, -0.2) is 8.42 Å². The van der Waals surface area contributed by atoms with Crippen molar-refractivity contribution < 1.29 is 17.9 Å². The predicted octanol–water partition coefficient (Wildman–Crippen LogP) is 4.44. The molecule has 1 aliphatic rings. The fourth-order valence-corrected chi connectivity index (χ4v) is 5.58. The van der Waals surface area contributed by atoms with Crippen LogP contribution in [0.5, 0.6) is 11.5 Å². The molecule has 11 heteroatoms. The molecule has 0 saturated carbocycles. The maximum absolute atomic E-state index is 12.1. The number of rotatable bonds is 8. The van der Waals surface area contributed by atoms with Gasteiger partial charge in [0.2, 0.25) is 10.0 Å². The average Bonchev–Trinajstić information content (AvgIpc) is 3.52. The lowest BCUT2D eigenvalue weighted by atomic mass is 10.0. The van der Waals surface area contributed by atoms with Gasteiger partial charge in [-0.3, -0.25) is 9.71 Å². The molecule has 196 valence electrons. The third-order valence-corrected chi connectivity index (χ3v) is 7.19. The molecule has 0 amide bonds. The van der Waals surface area contributed by atoms with Crippen molar-refractivity contribution >= 4 is 38.7 Å². The zero-order valence-electron chi connectivity index (χ0n) is 21.0. The van der Waals surface area contributed by atoms with E-state index >= 15 is 0 Å². The Kier molecular flexibility index (Phi) is 6.96. The van der Waals surface area contributed by atoms with E-state index in [2.05, 4.69) is 19.6 Å². The lowest BCUT2D eigenvalue weighted by molar-refractivity contribution is 0.414. The molecular weight excluding hydrogens is 522 g/mol. The number of hydrogen-bond donors (Lipinski definition) is 2. The van der Waals surface area contributed by atoms with Crippen molar-refractivity contribution in [1.29, 1.82) is 0 Å². The lowest BCUT2D eigenvalue weighted by Gasteiger charge is -2.29. The van der Waals surface area contributed by atoms with Gasteiger partial charge in [0.05, 0.1) is 37.9 Å². The van der Waals surface area contributed by atoms with Crippen LogP contribution in [0.15, 0.2) is 85.2 Å². The van der Waals surface area contributed by atoms with Crippen LogP contribution in [0.2, 0.25) is 0 Å². The summed E-state index contributed by atoms with van der Waals surface area (Å²) in [7, 11) is -0.414. The number of ether oxygens (including phenoxy) is 2. The molecule has 0 spiro atoms. The molecule has 2 aromatic heterocycles. The van der Waals surface area contributed by atoms with Gasteiger partial charge in [0, 0.05) is 29.5 Å². The van der Waals surface area contributed by atoms with Crippen molar-refractivity contribution in [2.45, 2.75) is 12.1 Å². The summed E-state index contributed by atoms with van der Waals surface area (Å²) >= 11 is 5.85. The lowest BCUT2D eigenvalue weighted by Crippen LogP contribution is -2.30. The molecule has 2 unspecified atom stereocenters. The molecule has 2 aromatic carbocycles. The highest BCUT2D eigenvalue weighted by Crippen LogP contribution is 2.44. The molecule has 5 rings (SSSR count). The Morgan fingerprint density at radius 1 is 0.974 bits per heavy atom. The van der Waals surface area contributed by atoms with Gasteiger partial charge in [0.25, 0.3) is 0 Å². The van der Waals surface area contributed by atoms with Crippen LogP contribution in [0.4, 0.5) is 11.4 Å². The third kappa shape index (κ3) is 5.02. The molecule has 3 heterocycles. The number of aromatic nitrogens is 2. The molecule has 0 bridgehead atoms. The van der Waals surface area contributed by atoms with Gasteiger partial charge in [-0.05, 0) is 78.9 Å². The Bertz CT molecular complexity index is 1560. The molecule has 1 fully saturated rings. The summed E-state index contributed by atoms with van der Waals surface area (Å²) in [6, 6.07) is 22.3. The van der Waals surface area contributed by atoms with E-state index in [1.54, 1.807) is 25.4 Å². The molecular formula is C27H27N5O4S2. The van der Waals surface area contributed by atoms with Crippen molar-refractivity contribution in [2.75, 3.05) is 30.1 Å². The molecule has 0 radical (unpaired) electrons. The predicted molar refractivity (Wildman–Crippen MR) is 152 cm³/mol. The number of anilines is 2. The highest BCUT2D eigenvalue weighted by Gasteiger charge is 2.42. The number of methoxy groups -OCH3 is 2. The summed E-state index contributed by atoms with van der Waals surface area (Å²) in [5.74, 6) is 1.17. The maximum Gasteiger partial charge on any atom is 0.229 e. The number of nitrogens with zero attached hydrogens (tertiary/aromatic N) is 3. The normalized spacial score (nSPS) is 17.2. The minimum absolute atomic E-state index is 0.274. The monoisotopic (exact) mass is 549 g/mol. The summed E-state index contributed by atoms with van der Waals surface area (Å²) < 4.78 is 39.5. The second-order valence-electron chi connectivity index (χ2n) is 8.76.